The maximum absolute atomic E-state index is 13.1. The second kappa shape index (κ2) is 6.78. The summed E-state index contributed by atoms with van der Waals surface area (Å²) in [5, 5.41) is 18.5. The molecule has 1 heterocycles. The van der Waals surface area contributed by atoms with Gasteiger partial charge in [-0.2, -0.15) is 0 Å². The van der Waals surface area contributed by atoms with E-state index in [0.717, 1.165) is 22.7 Å². The quantitative estimate of drug-likeness (QED) is 0.619. The van der Waals surface area contributed by atoms with E-state index in [0.29, 0.717) is 11.1 Å². The lowest BCUT2D eigenvalue weighted by molar-refractivity contribution is -0.123. The molecular formula is C17H11ClFNO4S. The highest BCUT2D eigenvalue weighted by Gasteiger charge is 2.35. The molecule has 1 saturated heterocycles. The van der Waals surface area contributed by atoms with Crippen LogP contribution in [0.4, 0.5) is 9.18 Å². The average molecular weight is 380 g/mol. The molecule has 0 spiro atoms. The van der Waals surface area contributed by atoms with E-state index in [-0.39, 0.29) is 28.0 Å². The van der Waals surface area contributed by atoms with Crippen LogP contribution >= 0.6 is 23.4 Å². The van der Waals surface area contributed by atoms with Crippen molar-refractivity contribution in [3.05, 3.63) is 63.3 Å². The first kappa shape index (κ1) is 17.3. The molecule has 0 radical (unpaired) electrons. The van der Waals surface area contributed by atoms with Crippen molar-refractivity contribution in [1.29, 1.82) is 0 Å². The van der Waals surface area contributed by atoms with Gasteiger partial charge in [0.05, 0.1) is 11.4 Å². The number of carbonyl (C=O) groups excluding carboxylic acids is 2. The minimum Gasteiger partial charge on any atom is -0.504 e. The van der Waals surface area contributed by atoms with Crippen LogP contribution in [0.3, 0.4) is 0 Å². The Morgan fingerprint density at radius 3 is 2.56 bits per heavy atom. The molecule has 2 aromatic rings. The van der Waals surface area contributed by atoms with Crippen molar-refractivity contribution in [2.45, 2.75) is 6.54 Å². The fourth-order valence-corrected chi connectivity index (χ4v) is 3.30. The van der Waals surface area contributed by atoms with E-state index in [1.54, 1.807) is 0 Å². The van der Waals surface area contributed by atoms with Crippen LogP contribution in [-0.4, -0.2) is 26.3 Å². The van der Waals surface area contributed by atoms with Crippen molar-refractivity contribution < 1.29 is 24.2 Å². The van der Waals surface area contributed by atoms with Crippen LogP contribution in [0.5, 0.6) is 11.5 Å². The van der Waals surface area contributed by atoms with Gasteiger partial charge in [0.1, 0.15) is 5.82 Å². The van der Waals surface area contributed by atoms with Gasteiger partial charge >= 0.3 is 0 Å². The standard InChI is InChI=1S/C17H11ClFNO4S/c18-12-7-11(19)3-2-10(12)8-20-16(23)15(25-17(20)24)6-9-1-4-13(21)14(22)5-9/h1-7,21-22H,8H2/b15-6+. The van der Waals surface area contributed by atoms with Gasteiger partial charge in [0, 0.05) is 5.02 Å². The van der Waals surface area contributed by atoms with Crippen molar-refractivity contribution in [3.8, 4) is 11.5 Å². The Balaban J connectivity index is 1.84. The van der Waals surface area contributed by atoms with E-state index >= 15 is 0 Å². The summed E-state index contributed by atoms with van der Waals surface area (Å²) in [5.41, 5.74) is 0.912. The zero-order chi connectivity index (χ0) is 18.1. The lowest BCUT2D eigenvalue weighted by Gasteiger charge is -2.13. The number of aromatic hydroxyl groups is 2. The van der Waals surface area contributed by atoms with Crippen LogP contribution in [0.2, 0.25) is 5.02 Å². The third-order valence-corrected chi connectivity index (χ3v) is 4.77. The third kappa shape index (κ3) is 3.62. The summed E-state index contributed by atoms with van der Waals surface area (Å²) in [4.78, 5) is 25.7. The Morgan fingerprint density at radius 2 is 1.88 bits per heavy atom. The van der Waals surface area contributed by atoms with Gasteiger partial charge in [-0.15, -0.1) is 0 Å². The normalized spacial score (nSPS) is 16.1. The smallest absolute Gasteiger partial charge is 0.293 e. The number of carbonyl (C=O) groups is 2. The van der Waals surface area contributed by atoms with Crippen LogP contribution in [0.1, 0.15) is 11.1 Å². The molecule has 1 fully saturated rings. The number of rotatable bonds is 3. The molecule has 0 saturated carbocycles. The number of phenolic OH excluding ortho intramolecular Hbond substituents is 2. The number of phenols is 2. The maximum atomic E-state index is 13.1. The highest BCUT2D eigenvalue weighted by Crippen LogP contribution is 2.35. The predicted octanol–water partition coefficient (Wildman–Crippen LogP) is 4.13. The molecule has 1 aliphatic rings. The Morgan fingerprint density at radius 1 is 1.12 bits per heavy atom. The van der Waals surface area contributed by atoms with Crippen molar-refractivity contribution in [2.75, 3.05) is 0 Å². The number of hydrogen-bond donors (Lipinski definition) is 2. The van der Waals surface area contributed by atoms with Gasteiger partial charge < -0.3 is 10.2 Å². The highest BCUT2D eigenvalue weighted by molar-refractivity contribution is 8.18. The van der Waals surface area contributed by atoms with E-state index < -0.39 is 17.0 Å². The molecule has 5 nitrogen and oxygen atoms in total. The second-order valence-electron chi connectivity index (χ2n) is 5.25. The molecule has 0 atom stereocenters. The van der Waals surface area contributed by atoms with E-state index in [9.17, 15) is 24.2 Å². The molecular weight excluding hydrogens is 369 g/mol. The minimum absolute atomic E-state index is 0.0675. The molecule has 3 rings (SSSR count). The largest absolute Gasteiger partial charge is 0.504 e. The first-order valence-corrected chi connectivity index (χ1v) is 8.26. The van der Waals surface area contributed by atoms with Crippen LogP contribution in [0, 0.1) is 5.82 Å². The maximum Gasteiger partial charge on any atom is 0.293 e. The van der Waals surface area contributed by atoms with Crippen molar-refractivity contribution in [2.24, 2.45) is 0 Å². The van der Waals surface area contributed by atoms with Crippen molar-refractivity contribution >= 4 is 40.6 Å². The number of thioether (sulfide) groups is 1. The summed E-state index contributed by atoms with van der Waals surface area (Å²) in [7, 11) is 0. The number of nitrogens with zero attached hydrogens (tertiary/aromatic N) is 1. The van der Waals surface area contributed by atoms with E-state index in [1.807, 2.05) is 0 Å². The summed E-state index contributed by atoms with van der Waals surface area (Å²) < 4.78 is 13.1. The van der Waals surface area contributed by atoms with Gasteiger partial charge in [-0.3, -0.25) is 14.5 Å². The molecule has 2 amide bonds. The Labute approximate surface area is 151 Å². The fourth-order valence-electron chi connectivity index (χ4n) is 2.24. The zero-order valence-electron chi connectivity index (χ0n) is 12.6. The molecule has 2 aromatic carbocycles. The van der Waals surface area contributed by atoms with E-state index in [1.165, 1.54) is 36.4 Å². The van der Waals surface area contributed by atoms with Crippen LogP contribution < -0.4 is 0 Å². The molecule has 2 N–H and O–H groups in total. The summed E-state index contributed by atoms with van der Waals surface area (Å²) in [5.74, 6) is -1.62. The average Bonchev–Trinajstić information content (AvgIpc) is 2.81. The lowest BCUT2D eigenvalue weighted by Crippen LogP contribution is -2.27. The van der Waals surface area contributed by atoms with E-state index in [2.05, 4.69) is 0 Å². The third-order valence-electron chi connectivity index (χ3n) is 3.51. The molecule has 25 heavy (non-hydrogen) atoms. The summed E-state index contributed by atoms with van der Waals surface area (Å²) in [6.07, 6.45) is 1.44. The van der Waals surface area contributed by atoms with Gasteiger partial charge in [-0.1, -0.05) is 23.7 Å². The molecule has 0 aromatic heterocycles. The van der Waals surface area contributed by atoms with Crippen molar-refractivity contribution in [3.63, 3.8) is 0 Å². The fraction of sp³-hybridized carbons (Fsp3) is 0.0588. The Kier molecular flexibility index (Phi) is 4.69. The second-order valence-corrected chi connectivity index (χ2v) is 6.65. The Bertz CT molecular complexity index is 916. The predicted molar refractivity (Wildman–Crippen MR) is 92.7 cm³/mol. The molecule has 128 valence electrons. The summed E-state index contributed by atoms with van der Waals surface area (Å²) >= 11 is 6.69. The van der Waals surface area contributed by atoms with Gasteiger partial charge in [0.15, 0.2) is 11.5 Å². The summed E-state index contributed by atoms with van der Waals surface area (Å²) in [6.45, 7) is -0.0675. The van der Waals surface area contributed by atoms with Crippen LogP contribution in [0.25, 0.3) is 6.08 Å². The van der Waals surface area contributed by atoms with Crippen LogP contribution in [-0.2, 0) is 11.3 Å². The number of amides is 2. The molecule has 0 unspecified atom stereocenters. The van der Waals surface area contributed by atoms with Gasteiger partial charge in [0.2, 0.25) is 0 Å². The highest BCUT2D eigenvalue weighted by atomic mass is 35.5. The monoisotopic (exact) mass is 379 g/mol. The molecule has 0 bridgehead atoms. The first-order chi connectivity index (χ1) is 11.8. The zero-order valence-corrected chi connectivity index (χ0v) is 14.1. The van der Waals surface area contributed by atoms with E-state index in [4.69, 9.17) is 11.6 Å². The molecule has 0 aliphatic carbocycles. The first-order valence-electron chi connectivity index (χ1n) is 7.06. The number of benzene rings is 2. The SMILES string of the molecule is O=C1S/C(=C/c2ccc(O)c(O)c2)C(=O)N1Cc1ccc(F)cc1Cl. The van der Waals surface area contributed by atoms with Crippen LogP contribution in [0.15, 0.2) is 41.3 Å². The van der Waals surface area contributed by atoms with Gasteiger partial charge in [-0.25, -0.2) is 4.39 Å². The number of halogens is 2. The summed E-state index contributed by atoms with van der Waals surface area (Å²) in [6, 6.07) is 7.80. The Hall–Kier alpha value is -2.51. The lowest BCUT2D eigenvalue weighted by atomic mass is 10.1. The molecule has 1 aliphatic heterocycles. The molecule has 8 heteroatoms. The van der Waals surface area contributed by atoms with Gasteiger partial charge in [-0.05, 0) is 53.2 Å². The van der Waals surface area contributed by atoms with Crippen molar-refractivity contribution in [1.82, 2.24) is 4.90 Å². The number of imide groups is 1. The van der Waals surface area contributed by atoms with Gasteiger partial charge in [0.25, 0.3) is 11.1 Å². The minimum atomic E-state index is -0.511. The number of hydrogen-bond acceptors (Lipinski definition) is 5. The topological polar surface area (TPSA) is 77.8 Å².